The minimum absolute atomic E-state index is 0.107. The highest BCUT2D eigenvalue weighted by Crippen LogP contribution is 2.31. The van der Waals surface area contributed by atoms with Crippen molar-refractivity contribution in [1.82, 2.24) is 0 Å². The maximum Gasteiger partial charge on any atom is 0.116 e. The van der Waals surface area contributed by atoms with E-state index in [1.165, 1.54) is 11.1 Å². The third-order valence-corrected chi connectivity index (χ3v) is 3.17. The normalized spacial score (nSPS) is 11.4. The number of phenols is 1. The van der Waals surface area contributed by atoms with E-state index < -0.39 is 0 Å². The van der Waals surface area contributed by atoms with Gasteiger partial charge in [-0.3, -0.25) is 0 Å². The van der Waals surface area contributed by atoms with Crippen LogP contribution < -0.4 is 0 Å². The lowest BCUT2D eigenvalue weighted by atomic mass is 9.80. The summed E-state index contributed by atoms with van der Waals surface area (Å²) in [5.74, 6) is 0.371. The minimum Gasteiger partial charge on any atom is -0.508 e. The Morgan fingerprint density at radius 3 is 2.41 bits per heavy atom. The molecule has 0 unspecified atom stereocenters. The molecular weight excluding hydrogens is 208 g/mol. The Kier molecular flexibility index (Phi) is 4.39. The van der Waals surface area contributed by atoms with E-state index in [0.717, 1.165) is 18.4 Å². The molecule has 0 saturated carbocycles. The number of hydrogen-bond donors (Lipinski definition) is 1. The lowest BCUT2D eigenvalue weighted by Crippen LogP contribution is -2.16. The molecule has 1 aromatic rings. The van der Waals surface area contributed by atoms with Gasteiger partial charge in [0.05, 0.1) is 0 Å². The van der Waals surface area contributed by atoms with Gasteiger partial charge in [-0.1, -0.05) is 31.6 Å². The van der Waals surface area contributed by atoms with E-state index in [9.17, 15) is 5.11 Å². The first-order chi connectivity index (χ1) is 7.81. The fourth-order valence-electron chi connectivity index (χ4n) is 2.02. The van der Waals surface area contributed by atoms with Gasteiger partial charge in [0.2, 0.25) is 0 Å². The predicted octanol–water partition coefficient (Wildman–Crippen LogP) is 4.72. The minimum atomic E-state index is 0.107. The molecule has 1 rings (SSSR count). The van der Waals surface area contributed by atoms with Crippen molar-refractivity contribution in [3.05, 3.63) is 41.0 Å². The molecule has 94 valence electrons. The van der Waals surface area contributed by atoms with E-state index in [0.29, 0.717) is 5.75 Å². The molecule has 0 heterocycles. The highest BCUT2D eigenvalue weighted by Gasteiger charge is 2.20. The number of phenolic OH excluding ortho intramolecular Hbond substituents is 1. The molecule has 1 heteroatoms. The van der Waals surface area contributed by atoms with E-state index in [1.807, 2.05) is 13.0 Å². The zero-order chi connectivity index (χ0) is 13.1. The number of rotatable bonds is 4. The summed E-state index contributed by atoms with van der Waals surface area (Å²) in [5.41, 5.74) is 3.82. The third kappa shape index (κ3) is 4.26. The number of benzene rings is 1. The maximum absolute atomic E-state index is 9.66. The Morgan fingerprint density at radius 2 is 1.88 bits per heavy atom. The first kappa shape index (κ1) is 13.8. The van der Waals surface area contributed by atoms with E-state index >= 15 is 0 Å². The monoisotopic (exact) mass is 232 g/mol. The summed E-state index contributed by atoms with van der Waals surface area (Å²) in [7, 11) is 0. The molecule has 0 aliphatic heterocycles. The molecule has 0 spiro atoms. The van der Waals surface area contributed by atoms with Crippen LogP contribution in [0.1, 0.15) is 51.7 Å². The van der Waals surface area contributed by atoms with Crippen LogP contribution >= 0.6 is 0 Å². The molecule has 1 N–H and O–H groups in total. The van der Waals surface area contributed by atoms with Crippen molar-refractivity contribution in [2.45, 2.75) is 52.9 Å². The Balaban J connectivity index is 2.84. The van der Waals surface area contributed by atoms with Crippen molar-refractivity contribution in [2.24, 2.45) is 0 Å². The van der Waals surface area contributed by atoms with Crippen LogP contribution in [-0.2, 0) is 5.41 Å². The zero-order valence-corrected chi connectivity index (χ0v) is 11.7. The molecule has 0 atom stereocenters. The lowest BCUT2D eigenvalue weighted by molar-refractivity contribution is 0.458. The van der Waals surface area contributed by atoms with E-state index in [-0.39, 0.29) is 5.41 Å². The molecule has 0 aromatic heterocycles. The van der Waals surface area contributed by atoms with Crippen molar-refractivity contribution in [3.63, 3.8) is 0 Å². The average Bonchev–Trinajstić information content (AvgIpc) is 2.14. The van der Waals surface area contributed by atoms with Crippen molar-refractivity contribution in [2.75, 3.05) is 0 Å². The molecule has 1 aromatic carbocycles. The van der Waals surface area contributed by atoms with E-state index in [1.54, 1.807) is 6.07 Å². The predicted molar refractivity (Wildman–Crippen MR) is 74.5 cm³/mol. The molecule has 0 saturated heterocycles. The Hall–Kier alpha value is -1.24. The van der Waals surface area contributed by atoms with Crippen LogP contribution in [0.3, 0.4) is 0 Å². The summed E-state index contributed by atoms with van der Waals surface area (Å²) in [6.45, 7) is 10.8. The number of allylic oxidation sites excluding steroid dienone is 2. The van der Waals surface area contributed by atoms with Gasteiger partial charge >= 0.3 is 0 Å². The van der Waals surface area contributed by atoms with Gasteiger partial charge in [0.1, 0.15) is 5.75 Å². The van der Waals surface area contributed by atoms with Crippen molar-refractivity contribution >= 4 is 0 Å². The van der Waals surface area contributed by atoms with Gasteiger partial charge in [-0.15, -0.1) is 0 Å². The summed E-state index contributed by atoms with van der Waals surface area (Å²) >= 11 is 0. The van der Waals surface area contributed by atoms with Gasteiger partial charge in [0.15, 0.2) is 0 Å². The van der Waals surface area contributed by atoms with Gasteiger partial charge in [0, 0.05) is 0 Å². The quantitative estimate of drug-likeness (QED) is 0.744. The highest BCUT2D eigenvalue weighted by molar-refractivity contribution is 5.36. The van der Waals surface area contributed by atoms with Gasteiger partial charge < -0.3 is 5.11 Å². The fraction of sp³-hybridized carbons (Fsp3) is 0.500. The molecule has 0 fully saturated rings. The number of aromatic hydroxyl groups is 1. The summed E-state index contributed by atoms with van der Waals surface area (Å²) in [6, 6.07) is 5.85. The lowest BCUT2D eigenvalue weighted by Gasteiger charge is -2.25. The second-order valence-corrected chi connectivity index (χ2v) is 5.76. The molecule has 17 heavy (non-hydrogen) atoms. The van der Waals surface area contributed by atoms with Crippen molar-refractivity contribution in [1.29, 1.82) is 0 Å². The largest absolute Gasteiger partial charge is 0.508 e. The smallest absolute Gasteiger partial charge is 0.116 e. The molecule has 0 amide bonds. The Bertz CT molecular complexity index is 389. The summed E-state index contributed by atoms with van der Waals surface area (Å²) in [5, 5.41) is 9.66. The van der Waals surface area contributed by atoms with E-state index in [4.69, 9.17) is 0 Å². The van der Waals surface area contributed by atoms with Crippen molar-refractivity contribution < 1.29 is 5.11 Å². The molecule has 0 radical (unpaired) electrons. The second kappa shape index (κ2) is 5.39. The highest BCUT2D eigenvalue weighted by atomic mass is 16.3. The average molecular weight is 232 g/mol. The summed E-state index contributed by atoms with van der Waals surface area (Å²) in [6.07, 6.45) is 4.46. The van der Waals surface area contributed by atoms with Gasteiger partial charge in [-0.2, -0.15) is 0 Å². The molecule has 0 aliphatic rings. The first-order valence-electron chi connectivity index (χ1n) is 6.26. The second-order valence-electron chi connectivity index (χ2n) is 5.76. The van der Waals surface area contributed by atoms with Crippen LogP contribution in [0.5, 0.6) is 5.75 Å². The SMILES string of the molecule is CC(C)=CCCC(C)(C)c1cc(C)cc(O)c1. The van der Waals surface area contributed by atoms with Gasteiger partial charge in [-0.05, 0) is 62.3 Å². The van der Waals surface area contributed by atoms with Crippen LogP contribution in [0.15, 0.2) is 29.8 Å². The van der Waals surface area contributed by atoms with Crippen LogP contribution in [-0.4, -0.2) is 5.11 Å². The topological polar surface area (TPSA) is 20.2 Å². The maximum atomic E-state index is 9.66. The summed E-state index contributed by atoms with van der Waals surface area (Å²) in [4.78, 5) is 0. The molecule has 0 bridgehead atoms. The number of hydrogen-bond acceptors (Lipinski definition) is 1. The Morgan fingerprint density at radius 1 is 1.24 bits per heavy atom. The zero-order valence-electron chi connectivity index (χ0n) is 11.7. The fourth-order valence-corrected chi connectivity index (χ4v) is 2.02. The molecule has 1 nitrogen and oxygen atoms in total. The summed E-state index contributed by atoms with van der Waals surface area (Å²) < 4.78 is 0. The third-order valence-electron chi connectivity index (χ3n) is 3.17. The van der Waals surface area contributed by atoms with Crippen LogP contribution in [0, 0.1) is 6.92 Å². The van der Waals surface area contributed by atoms with Crippen LogP contribution in [0.25, 0.3) is 0 Å². The standard InChI is InChI=1S/C16H24O/c1-12(2)7-6-8-16(4,5)14-9-13(3)10-15(17)11-14/h7,9-11,17H,6,8H2,1-5H3. The van der Waals surface area contributed by atoms with Crippen LogP contribution in [0.2, 0.25) is 0 Å². The van der Waals surface area contributed by atoms with E-state index in [2.05, 4.69) is 39.8 Å². The van der Waals surface area contributed by atoms with Gasteiger partial charge in [0.25, 0.3) is 0 Å². The molecular formula is C16H24O. The van der Waals surface area contributed by atoms with Gasteiger partial charge in [-0.25, -0.2) is 0 Å². The number of aryl methyl sites for hydroxylation is 1. The van der Waals surface area contributed by atoms with Crippen molar-refractivity contribution in [3.8, 4) is 5.75 Å². The molecule has 0 aliphatic carbocycles. The van der Waals surface area contributed by atoms with Crippen LogP contribution in [0.4, 0.5) is 0 Å². The Labute approximate surface area is 105 Å². The first-order valence-corrected chi connectivity index (χ1v) is 6.26.